The molecule has 2 aliphatic rings. The van der Waals surface area contributed by atoms with E-state index in [0.29, 0.717) is 6.10 Å². The van der Waals surface area contributed by atoms with Gasteiger partial charge in [-0.05, 0) is 57.4 Å². The van der Waals surface area contributed by atoms with Gasteiger partial charge in [-0.3, -0.25) is 0 Å². The van der Waals surface area contributed by atoms with Crippen molar-refractivity contribution in [2.45, 2.75) is 64.0 Å². The Bertz CT molecular complexity index is 177. The van der Waals surface area contributed by atoms with E-state index >= 15 is 0 Å². The van der Waals surface area contributed by atoms with Gasteiger partial charge in [-0.2, -0.15) is 0 Å². The van der Waals surface area contributed by atoms with Gasteiger partial charge in [-0.15, -0.1) is 0 Å². The zero-order chi connectivity index (χ0) is 10.5. The molecule has 2 heteroatoms. The van der Waals surface area contributed by atoms with Crippen molar-refractivity contribution in [1.29, 1.82) is 0 Å². The standard InChI is InChI=1S/C13H25NO/c1-11-5-3-9-14-13(11)8-2-6-12-7-4-10-15-12/h11-14H,2-10H2,1H3. The minimum Gasteiger partial charge on any atom is -0.378 e. The topological polar surface area (TPSA) is 21.3 Å². The summed E-state index contributed by atoms with van der Waals surface area (Å²) in [5, 5.41) is 3.65. The normalized spacial score (nSPS) is 37.0. The van der Waals surface area contributed by atoms with Crippen LogP contribution in [0.5, 0.6) is 0 Å². The van der Waals surface area contributed by atoms with Gasteiger partial charge < -0.3 is 10.1 Å². The van der Waals surface area contributed by atoms with Crippen molar-refractivity contribution < 1.29 is 4.74 Å². The predicted octanol–water partition coefficient (Wildman–Crippen LogP) is 2.72. The molecule has 2 heterocycles. The van der Waals surface area contributed by atoms with E-state index in [1.807, 2.05) is 0 Å². The van der Waals surface area contributed by atoms with Crippen LogP contribution in [-0.2, 0) is 4.74 Å². The van der Waals surface area contributed by atoms with Crippen LogP contribution in [0.15, 0.2) is 0 Å². The molecule has 0 spiro atoms. The van der Waals surface area contributed by atoms with Crippen LogP contribution < -0.4 is 5.32 Å². The van der Waals surface area contributed by atoms with E-state index in [0.717, 1.165) is 18.6 Å². The van der Waals surface area contributed by atoms with Crippen LogP contribution in [0.1, 0.15) is 51.9 Å². The largest absolute Gasteiger partial charge is 0.378 e. The van der Waals surface area contributed by atoms with Gasteiger partial charge in [-0.25, -0.2) is 0 Å². The minimum absolute atomic E-state index is 0.587. The highest BCUT2D eigenvalue weighted by atomic mass is 16.5. The molecule has 2 rings (SSSR count). The van der Waals surface area contributed by atoms with Gasteiger partial charge in [0.25, 0.3) is 0 Å². The Morgan fingerprint density at radius 3 is 2.87 bits per heavy atom. The summed E-state index contributed by atoms with van der Waals surface area (Å²) in [6, 6.07) is 0.778. The lowest BCUT2D eigenvalue weighted by atomic mass is 9.89. The SMILES string of the molecule is CC1CCCNC1CCCC1CCCO1. The van der Waals surface area contributed by atoms with Gasteiger partial charge in [0.15, 0.2) is 0 Å². The van der Waals surface area contributed by atoms with E-state index in [1.165, 1.54) is 51.5 Å². The molecule has 0 saturated carbocycles. The number of piperidine rings is 1. The molecule has 3 unspecified atom stereocenters. The van der Waals surface area contributed by atoms with Crippen LogP contribution in [0, 0.1) is 5.92 Å². The maximum absolute atomic E-state index is 5.65. The van der Waals surface area contributed by atoms with Crippen LogP contribution in [0.4, 0.5) is 0 Å². The average Bonchev–Trinajstić information content (AvgIpc) is 2.74. The summed E-state index contributed by atoms with van der Waals surface area (Å²) in [5.74, 6) is 0.878. The first-order valence-electron chi connectivity index (χ1n) is 6.71. The quantitative estimate of drug-likeness (QED) is 0.772. The summed E-state index contributed by atoms with van der Waals surface area (Å²) in [4.78, 5) is 0. The van der Waals surface area contributed by atoms with Gasteiger partial charge in [0.2, 0.25) is 0 Å². The molecule has 2 nitrogen and oxygen atoms in total. The van der Waals surface area contributed by atoms with Gasteiger partial charge >= 0.3 is 0 Å². The fourth-order valence-corrected chi connectivity index (χ4v) is 2.94. The van der Waals surface area contributed by atoms with Crippen molar-refractivity contribution in [2.24, 2.45) is 5.92 Å². The van der Waals surface area contributed by atoms with Gasteiger partial charge in [-0.1, -0.05) is 6.92 Å². The third-order valence-corrected chi connectivity index (χ3v) is 3.99. The summed E-state index contributed by atoms with van der Waals surface area (Å²) in [7, 11) is 0. The van der Waals surface area contributed by atoms with Gasteiger partial charge in [0.1, 0.15) is 0 Å². The maximum atomic E-state index is 5.65. The van der Waals surface area contributed by atoms with Crippen molar-refractivity contribution >= 4 is 0 Å². The Kier molecular flexibility index (Phi) is 4.45. The van der Waals surface area contributed by atoms with E-state index in [1.54, 1.807) is 0 Å². The molecule has 0 radical (unpaired) electrons. The van der Waals surface area contributed by atoms with Gasteiger partial charge in [0.05, 0.1) is 6.10 Å². The Labute approximate surface area is 93.8 Å². The predicted molar refractivity (Wildman–Crippen MR) is 63.0 cm³/mol. The lowest BCUT2D eigenvalue weighted by molar-refractivity contribution is 0.1000. The molecule has 2 saturated heterocycles. The summed E-state index contributed by atoms with van der Waals surface area (Å²) in [6.45, 7) is 4.63. The molecule has 1 N–H and O–H groups in total. The molecular weight excluding hydrogens is 186 g/mol. The van der Waals surface area contributed by atoms with Crippen LogP contribution in [0.2, 0.25) is 0 Å². The summed E-state index contributed by atoms with van der Waals surface area (Å²) in [5.41, 5.74) is 0. The first kappa shape index (κ1) is 11.4. The van der Waals surface area contributed by atoms with E-state index in [9.17, 15) is 0 Å². The molecule has 0 bridgehead atoms. The highest BCUT2D eigenvalue weighted by molar-refractivity contribution is 4.78. The van der Waals surface area contributed by atoms with Crippen molar-refractivity contribution in [3.05, 3.63) is 0 Å². The zero-order valence-electron chi connectivity index (χ0n) is 10.0. The highest BCUT2D eigenvalue weighted by Gasteiger charge is 2.21. The second kappa shape index (κ2) is 5.86. The molecule has 2 fully saturated rings. The third-order valence-electron chi connectivity index (χ3n) is 3.99. The van der Waals surface area contributed by atoms with Gasteiger partial charge in [0, 0.05) is 12.6 Å². The van der Waals surface area contributed by atoms with E-state index in [4.69, 9.17) is 4.74 Å². The molecule has 0 aromatic rings. The Morgan fingerprint density at radius 1 is 1.20 bits per heavy atom. The first-order chi connectivity index (χ1) is 7.36. The third kappa shape index (κ3) is 3.46. The minimum atomic E-state index is 0.587. The van der Waals surface area contributed by atoms with E-state index < -0.39 is 0 Å². The Balaban J connectivity index is 1.59. The molecule has 3 atom stereocenters. The highest BCUT2D eigenvalue weighted by Crippen LogP contribution is 2.22. The molecule has 0 aromatic heterocycles. The number of hydrogen-bond acceptors (Lipinski definition) is 2. The molecule has 15 heavy (non-hydrogen) atoms. The fraction of sp³-hybridized carbons (Fsp3) is 1.00. The Hall–Kier alpha value is -0.0800. The lowest BCUT2D eigenvalue weighted by Crippen LogP contribution is -2.40. The van der Waals surface area contributed by atoms with Crippen molar-refractivity contribution in [3.8, 4) is 0 Å². The molecule has 88 valence electrons. The number of nitrogens with one attached hydrogen (secondary N) is 1. The zero-order valence-corrected chi connectivity index (χ0v) is 10.0. The molecular formula is C13H25NO. The molecule has 0 amide bonds. The fourth-order valence-electron chi connectivity index (χ4n) is 2.94. The smallest absolute Gasteiger partial charge is 0.0576 e. The van der Waals surface area contributed by atoms with Crippen molar-refractivity contribution in [2.75, 3.05) is 13.2 Å². The van der Waals surface area contributed by atoms with Crippen LogP contribution in [0.3, 0.4) is 0 Å². The second-order valence-corrected chi connectivity index (χ2v) is 5.25. The molecule has 2 aliphatic heterocycles. The van der Waals surface area contributed by atoms with Crippen LogP contribution in [0.25, 0.3) is 0 Å². The maximum Gasteiger partial charge on any atom is 0.0576 e. The van der Waals surface area contributed by atoms with Crippen LogP contribution in [-0.4, -0.2) is 25.3 Å². The second-order valence-electron chi connectivity index (χ2n) is 5.25. The van der Waals surface area contributed by atoms with Crippen LogP contribution >= 0.6 is 0 Å². The average molecular weight is 211 g/mol. The van der Waals surface area contributed by atoms with Crippen molar-refractivity contribution in [3.63, 3.8) is 0 Å². The summed E-state index contributed by atoms with van der Waals surface area (Å²) < 4.78 is 5.65. The summed E-state index contributed by atoms with van der Waals surface area (Å²) >= 11 is 0. The lowest BCUT2D eigenvalue weighted by Gasteiger charge is -2.30. The monoisotopic (exact) mass is 211 g/mol. The number of hydrogen-bond donors (Lipinski definition) is 1. The Morgan fingerprint density at radius 2 is 2.13 bits per heavy atom. The summed E-state index contributed by atoms with van der Waals surface area (Å²) in [6.07, 6.45) is 9.92. The van der Waals surface area contributed by atoms with E-state index in [2.05, 4.69) is 12.2 Å². The first-order valence-corrected chi connectivity index (χ1v) is 6.71. The number of rotatable bonds is 4. The number of ether oxygens (including phenoxy) is 1. The van der Waals surface area contributed by atoms with Crippen molar-refractivity contribution in [1.82, 2.24) is 5.32 Å². The molecule has 0 aromatic carbocycles. The van der Waals surface area contributed by atoms with E-state index in [-0.39, 0.29) is 0 Å². The molecule has 0 aliphatic carbocycles.